The molecule has 0 spiro atoms. The van der Waals surface area contributed by atoms with Crippen molar-refractivity contribution in [3.8, 4) is 11.5 Å². The highest BCUT2D eigenvalue weighted by Crippen LogP contribution is 2.38. The SMILES string of the molecule is CN1CCN(CCC2COc3cc4ncnc(Nc5ccc(F)c(Cl)c5)c4cc3O2)CC1. The van der Waals surface area contributed by atoms with E-state index in [0.29, 0.717) is 29.6 Å². The summed E-state index contributed by atoms with van der Waals surface area (Å²) >= 11 is 5.91. The summed E-state index contributed by atoms with van der Waals surface area (Å²) in [6.45, 7) is 5.90. The second-order valence-corrected chi connectivity index (χ2v) is 8.68. The maximum absolute atomic E-state index is 13.5. The first kappa shape index (κ1) is 21.2. The van der Waals surface area contributed by atoms with Gasteiger partial charge in [0.25, 0.3) is 0 Å². The molecule has 2 aliphatic rings. The van der Waals surface area contributed by atoms with Gasteiger partial charge in [-0.1, -0.05) is 11.6 Å². The first-order valence-electron chi connectivity index (χ1n) is 10.8. The maximum Gasteiger partial charge on any atom is 0.163 e. The van der Waals surface area contributed by atoms with Gasteiger partial charge in [0, 0.05) is 56.3 Å². The molecule has 9 heteroatoms. The van der Waals surface area contributed by atoms with Crippen LogP contribution < -0.4 is 14.8 Å². The Labute approximate surface area is 191 Å². The molecular formula is C23H25ClFN5O2. The molecule has 32 heavy (non-hydrogen) atoms. The third-order valence-electron chi connectivity index (χ3n) is 5.96. The molecule has 1 fully saturated rings. The molecule has 0 aliphatic carbocycles. The minimum atomic E-state index is -0.466. The van der Waals surface area contributed by atoms with E-state index in [0.717, 1.165) is 50.0 Å². The Morgan fingerprint density at radius 3 is 2.78 bits per heavy atom. The van der Waals surface area contributed by atoms with Gasteiger partial charge in [-0.05, 0) is 31.3 Å². The lowest BCUT2D eigenvalue weighted by molar-refractivity contribution is 0.0679. The molecule has 7 nitrogen and oxygen atoms in total. The highest BCUT2D eigenvalue weighted by atomic mass is 35.5. The van der Waals surface area contributed by atoms with E-state index in [2.05, 4.69) is 32.1 Å². The largest absolute Gasteiger partial charge is 0.486 e. The minimum Gasteiger partial charge on any atom is -0.486 e. The van der Waals surface area contributed by atoms with E-state index in [-0.39, 0.29) is 11.1 Å². The van der Waals surface area contributed by atoms with Crippen molar-refractivity contribution in [3.05, 3.63) is 47.5 Å². The summed E-state index contributed by atoms with van der Waals surface area (Å²) in [5.41, 5.74) is 1.37. The second kappa shape index (κ2) is 9.05. The average Bonchev–Trinajstić information content (AvgIpc) is 2.80. The third kappa shape index (κ3) is 4.57. The van der Waals surface area contributed by atoms with Gasteiger partial charge in [-0.15, -0.1) is 0 Å². The Hall–Kier alpha value is -2.68. The van der Waals surface area contributed by atoms with Crippen molar-refractivity contribution in [2.45, 2.75) is 12.5 Å². The molecule has 2 aliphatic heterocycles. The molecule has 1 saturated heterocycles. The summed E-state index contributed by atoms with van der Waals surface area (Å²) in [6.07, 6.45) is 2.38. The van der Waals surface area contributed by atoms with E-state index in [1.54, 1.807) is 6.07 Å². The molecule has 168 valence electrons. The molecule has 0 radical (unpaired) electrons. The van der Waals surface area contributed by atoms with Crippen molar-refractivity contribution in [3.63, 3.8) is 0 Å². The van der Waals surface area contributed by atoms with Crippen molar-refractivity contribution in [1.82, 2.24) is 19.8 Å². The number of rotatable bonds is 5. The molecule has 1 atom stereocenters. The molecule has 2 aromatic carbocycles. The number of hydrogen-bond donors (Lipinski definition) is 1. The van der Waals surface area contributed by atoms with Gasteiger partial charge >= 0.3 is 0 Å². The number of fused-ring (bicyclic) bond motifs is 2. The summed E-state index contributed by atoms with van der Waals surface area (Å²) < 4.78 is 25.8. The molecule has 0 amide bonds. The molecular weight excluding hydrogens is 433 g/mol. The number of benzene rings is 2. The van der Waals surface area contributed by atoms with Crippen LogP contribution >= 0.6 is 11.6 Å². The Morgan fingerprint density at radius 2 is 1.97 bits per heavy atom. The fourth-order valence-corrected chi connectivity index (χ4v) is 4.20. The van der Waals surface area contributed by atoms with Crippen molar-refractivity contribution in [2.75, 3.05) is 51.7 Å². The van der Waals surface area contributed by atoms with Crippen LogP contribution in [-0.2, 0) is 0 Å². The first-order chi connectivity index (χ1) is 15.5. The lowest BCUT2D eigenvalue weighted by atomic mass is 10.1. The fraction of sp³-hybridized carbons (Fsp3) is 0.391. The standard InChI is InChI=1S/C23H25ClFN5O2/c1-29-6-8-30(9-7-29)5-4-16-13-31-21-12-20-17(11-22(21)32-16)23(27-14-26-20)28-15-2-3-19(25)18(24)10-15/h2-3,10-12,14,16H,4-9,13H2,1H3,(H,26,27,28). The van der Waals surface area contributed by atoms with Crippen molar-refractivity contribution < 1.29 is 13.9 Å². The van der Waals surface area contributed by atoms with Crippen LogP contribution in [0.3, 0.4) is 0 Å². The predicted molar refractivity (Wildman–Crippen MR) is 123 cm³/mol. The Morgan fingerprint density at radius 1 is 1.12 bits per heavy atom. The molecule has 5 rings (SSSR count). The van der Waals surface area contributed by atoms with Gasteiger partial charge in [0.15, 0.2) is 11.5 Å². The monoisotopic (exact) mass is 457 g/mol. The van der Waals surface area contributed by atoms with Crippen LogP contribution in [0.2, 0.25) is 5.02 Å². The lowest BCUT2D eigenvalue weighted by Gasteiger charge is -2.34. The molecule has 3 aromatic rings. The summed E-state index contributed by atoms with van der Waals surface area (Å²) in [7, 11) is 2.16. The first-order valence-corrected chi connectivity index (χ1v) is 11.1. The summed E-state index contributed by atoms with van der Waals surface area (Å²) in [5, 5.41) is 4.03. The van der Waals surface area contributed by atoms with Crippen LogP contribution in [0, 0.1) is 5.82 Å². The van der Waals surface area contributed by atoms with Gasteiger partial charge in [0.2, 0.25) is 0 Å². The topological polar surface area (TPSA) is 62.8 Å². The quantitative estimate of drug-likeness (QED) is 0.622. The molecule has 0 saturated carbocycles. The number of aromatic nitrogens is 2. The zero-order valence-corrected chi connectivity index (χ0v) is 18.6. The van der Waals surface area contributed by atoms with E-state index < -0.39 is 5.82 Å². The highest BCUT2D eigenvalue weighted by molar-refractivity contribution is 6.31. The maximum atomic E-state index is 13.5. The second-order valence-electron chi connectivity index (χ2n) is 8.28. The van der Waals surface area contributed by atoms with Crippen LogP contribution in [0.15, 0.2) is 36.7 Å². The normalized spacial score (nSPS) is 19.3. The van der Waals surface area contributed by atoms with Crippen LogP contribution in [0.5, 0.6) is 11.5 Å². The fourth-order valence-electron chi connectivity index (χ4n) is 4.02. The molecule has 1 aromatic heterocycles. The van der Waals surface area contributed by atoms with Gasteiger partial charge in [0.1, 0.15) is 30.7 Å². The lowest BCUT2D eigenvalue weighted by Crippen LogP contribution is -2.45. The van der Waals surface area contributed by atoms with Gasteiger partial charge in [-0.2, -0.15) is 0 Å². The summed E-state index contributed by atoms with van der Waals surface area (Å²) in [6, 6.07) is 8.22. The van der Waals surface area contributed by atoms with Crippen LogP contribution in [0.4, 0.5) is 15.9 Å². The summed E-state index contributed by atoms with van der Waals surface area (Å²) in [5.74, 6) is 1.49. The number of ether oxygens (including phenoxy) is 2. The summed E-state index contributed by atoms with van der Waals surface area (Å²) in [4.78, 5) is 13.6. The number of piperazine rings is 1. The van der Waals surface area contributed by atoms with Gasteiger partial charge in [-0.25, -0.2) is 14.4 Å². The Balaban J connectivity index is 1.32. The number of hydrogen-bond acceptors (Lipinski definition) is 7. The van der Waals surface area contributed by atoms with Crippen LogP contribution in [0.25, 0.3) is 10.9 Å². The molecule has 1 unspecified atom stereocenters. The van der Waals surface area contributed by atoms with Crippen LogP contribution in [-0.4, -0.2) is 72.3 Å². The molecule has 0 bridgehead atoms. The smallest absolute Gasteiger partial charge is 0.163 e. The third-order valence-corrected chi connectivity index (χ3v) is 6.25. The van der Waals surface area contributed by atoms with Gasteiger partial charge < -0.3 is 24.6 Å². The number of likely N-dealkylation sites (N-methyl/N-ethyl adjacent to an activating group) is 1. The number of nitrogens with one attached hydrogen (secondary N) is 1. The van der Waals surface area contributed by atoms with E-state index in [1.807, 2.05) is 12.1 Å². The van der Waals surface area contributed by atoms with Crippen molar-refractivity contribution in [1.29, 1.82) is 0 Å². The van der Waals surface area contributed by atoms with E-state index in [9.17, 15) is 4.39 Å². The number of halogens is 2. The Kier molecular flexibility index (Phi) is 5.99. The van der Waals surface area contributed by atoms with E-state index >= 15 is 0 Å². The zero-order chi connectivity index (χ0) is 22.1. The van der Waals surface area contributed by atoms with Crippen LogP contribution in [0.1, 0.15) is 6.42 Å². The predicted octanol–water partition coefficient (Wildman–Crippen LogP) is 3.94. The zero-order valence-electron chi connectivity index (χ0n) is 17.9. The highest BCUT2D eigenvalue weighted by Gasteiger charge is 2.24. The van der Waals surface area contributed by atoms with E-state index in [1.165, 1.54) is 18.5 Å². The van der Waals surface area contributed by atoms with Gasteiger partial charge in [0.05, 0.1) is 10.5 Å². The minimum absolute atomic E-state index is 0.00319. The average molecular weight is 458 g/mol. The number of anilines is 2. The van der Waals surface area contributed by atoms with E-state index in [4.69, 9.17) is 21.1 Å². The molecule has 1 N–H and O–H groups in total. The molecule has 3 heterocycles. The Bertz CT molecular complexity index is 1120. The van der Waals surface area contributed by atoms with Gasteiger partial charge in [-0.3, -0.25) is 0 Å². The van der Waals surface area contributed by atoms with Crippen molar-refractivity contribution >= 4 is 34.0 Å². The number of nitrogens with zero attached hydrogens (tertiary/aromatic N) is 4. The van der Waals surface area contributed by atoms with Crippen molar-refractivity contribution in [2.24, 2.45) is 0 Å².